The van der Waals surface area contributed by atoms with Gasteiger partial charge in [0.2, 0.25) is 5.91 Å². The first-order valence-electron chi connectivity index (χ1n) is 9.59. The molecule has 0 saturated carbocycles. The van der Waals surface area contributed by atoms with Crippen LogP contribution in [0.25, 0.3) is 0 Å². The molecule has 0 unspecified atom stereocenters. The molecule has 0 atom stereocenters. The fourth-order valence-electron chi connectivity index (χ4n) is 2.95. The second-order valence-electron chi connectivity index (χ2n) is 6.50. The van der Waals surface area contributed by atoms with Crippen LogP contribution in [0.2, 0.25) is 0 Å². The van der Waals surface area contributed by atoms with E-state index in [1.54, 1.807) is 12.1 Å². The number of rotatable bonds is 8. The lowest BCUT2D eigenvalue weighted by Gasteiger charge is -2.12. The Morgan fingerprint density at radius 2 is 1.48 bits per heavy atom. The molecule has 3 rings (SSSR count). The minimum Gasteiger partial charge on any atom is -0.489 e. The number of aryl methyl sites for hydroxylation is 1. The molecule has 0 heterocycles. The summed E-state index contributed by atoms with van der Waals surface area (Å²) < 4.78 is 5.75. The average Bonchev–Trinajstić information content (AvgIpc) is 2.77. The lowest BCUT2D eigenvalue weighted by Crippen LogP contribution is -2.33. The standard InChI is InChI=1S/C24H24N2O3/c1-2-18-10-7-9-15-22(18)26-23(27)16-25-24(28)21-14-8-6-11-19(21)17-29-20-12-4-3-5-13-20/h3-15H,2,16-17H2,1H3,(H,25,28)(H,26,27). The lowest BCUT2D eigenvalue weighted by atomic mass is 10.1. The molecule has 0 aliphatic heterocycles. The summed E-state index contributed by atoms with van der Waals surface area (Å²) in [5.74, 6) is 0.158. The number of amides is 2. The molecule has 3 aromatic rings. The van der Waals surface area contributed by atoms with Gasteiger partial charge in [-0.25, -0.2) is 0 Å². The summed E-state index contributed by atoms with van der Waals surface area (Å²) in [5, 5.41) is 5.54. The third-order valence-electron chi connectivity index (χ3n) is 4.48. The van der Waals surface area contributed by atoms with Gasteiger partial charge in [-0.2, -0.15) is 0 Å². The van der Waals surface area contributed by atoms with E-state index in [-0.39, 0.29) is 25.0 Å². The van der Waals surface area contributed by atoms with Crippen LogP contribution in [0, 0.1) is 0 Å². The van der Waals surface area contributed by atoms with Crippen LogP contribution in [0.5, 0.6) is 5.75 Å². The Bertz CT molecular complexity index is 971. The minimum atomic E-state index is -0.309. The monoisotopic (exact) mass is 388 g/mol. The maximum Gasteiger partial charge on any atom is 0.252 e. The van der Waals surface area contributed by atoms with Crippen LogP contribution in [0.15, 0.2) is 78.9 Å². The maximum absolute atomic E-state index is 12.6. The normalized spacial score (nSPS) is 10.2. The van der Waals surface area contributed by atoms with Crippen LogP contribution in [-0.2, 0) is 17.8 Å². The molecule has 0 spiro atoms. The van der Waals surface area contributed by atoms with Crippen molar-refractivity contribution in [3.8, 4) is 5.75 Å². The van der Waals surface area contributed by atoms with Gasteiger partial charge in [-0.15, -0.1) is 0 Å². The van der Waals surface area contributed by atoms with Crippen LogP contribution in [0.1, 0.15) is 28.4 Å². The summed E-state index contributed by atoms with van der Waals surface area (Å²) in [6, 6.07) is 24.3. The first-order chi connectivity index (χ1) is 14.2. The van der Waals surface area contributed by atoms with Crippen molar-refractivity contribution in [2.24, 2.45) is 0 Å². The Labute approximate surface area is 170 Å². The number of ether oxygens (including phenoxy) is 1. The average molecular weight is 388 g/mol. The van der Waals surface area contributed by atoms with Crippen molar-refractivity contribution in [3.05, 3.63) is 95.6 Å². The smallest absolute Gasteiger partial charge is 0.252 e. The Morgan fingerprint density at radius 1 is 0.828 bits per heavy atom. The Hall–Kier alpha value is -3.60. The van der Waals surface area contributed by atoms with Crippen molar-refractivity contribution in [2.45, 2.75) is 20.0 Å². The summed E-state index contributed by atoms with van der Waals surface area (Å²) in [6.07, 6.45) is 0.817. The van der Waals surface area contributed by atoms with Crippen molar-refractivity contribution >= 4 is 17.5 Å². The van der Waals surface area contributed by atoms with Crippen LogP contribution < -0.4 is 15.4 Å². The van der Waals surface area contributed by atoms with Crippen LogP contribution in [-0.4, -0.2) is 18.4 Å². The third-order valence-corrected chi connectivity index (χ3v) is 4.48. The van der Waals surface area contributed by atoms with Gasteiger partial charge in [0.1, 0.15) is 12.4 Å². The van der Waals surface area contributed by atoms with Crippen molar-refractivity contribution in [1.29, 1.82) is 0 Å². The second kappa shape index (κ2) is 10.1. The van der Waals surface area contributed by atoms with Crippen LogP contribution in [0.4, 0.5) is 5.69 Å². The number of hydrogen-bond acceptors (Lipinski definition) is 3. The largest absolute Gasteiger partial charge is 0.489 e. The topological polar surface area (TPSA) is 67.4 Å². The van der Waals surface area contributed by atoms with Crippen molar-refractivity contribution in [2.75, 3.05) is 11.9 Å². The number of nitrogens with one attached hydrogen (secondary N) is 2. The zero-order valence-electron chi connectivity index (χ0n) is 16.4. The van der Waals surface area contributed by atoms with E-state index in [1.165, 1.54) is 0 Å². The summed E-state index contributed by atoms with van der Waals surface area (Å²) >= 11 is 0. The number of anilines is 1. The molecule has 0 saturated heterocycles. The van der Waals surface area contributed by atoms with E-state index in [0.29, 0.717) is 5.56 Å². The number of hydrogen-bond donors (Lipinski definition) is 2. The molecule has 0 fully saturated rings. The zero-order chi connectivity index (χ0) is 20.5. The molecule has 0 radical (unpaired) electrons. The Balaban J connectivity index is 1.58. The molecule has 5 heteroatoms. The van der Waals surface area contributed by atoms with Gasteiger partial charge in [-0.1, -0.05) is 61.5 Å². The molecule has 0 aliphatic rings. The zero-order valence-corrected chi connectivity index (χ0v) is 16.4. The van der Waals surface area contributed by atoms with Crippen molar-refractivity contribution in [3.63, 3.8) is 0 Å². The molecular formula is C24H24N2O3. The second-order valence-corrected chi connectivity index (χ2v) is 6.50. The van der Waals surface area contributed by atoms with E-state index in [4.69, 9.17) is 4.74 Å². The molecular weight excluding hydrogens is 364 g/mol. The highest BCUT2D eigenvalue weighted by Gasteiger charge is 2.13. The van der Waals surface area contributed by atoms with Gasteiger partial charge in [0, 0.05) is 16.8 Å². The summed E-state index contributed by atoms with van der Waals surface area (Å²) in [4.78, 5) is 24.9. The summed E-state index contributed by atoms with van der Waals surface area (Å²) in [7, 11) is 0. The van der Waals surface area contributed by atoms with E-state index in [9.17, 15) is 9.59 Å². The highest BCUT2D eigenvalue weighted by atomic mass is 16.5. The lowest BCUT2D eigenvalue weighted by molar-refractivity contribution is -0.115. The molecule has 0 bridgehead atoms. The van der Waals surface area contributed by atoms with E-state index in [1.807, 2.05) is 73.7 Å². The van der Waals surface area contributed by atoms with Gasteiger partial charge >= 0.3 is 0 Å². The molecule has 5 nitrogen and oxygen atoms in total. The van der Waals surface area contributed by atoms with E-state index >= 15 is 0 Å². The predicted octanol–water partition coefficient (Wildman–Crippen LogP) is 4.20. The fourth-order valence-corrected chi connectivity index (χ4v) is 2.95. The molecule has 29 heavy (non-hydrogen) atoms. The molecule has 0 aromatic heterocycles. The fraction of sp³-hybridized carbons (Fsp3) is 0.167. The molecule has 0 aliphatic carbocycles. The summed E-state index contributed by atoms with van der Waals surface area (Å²) in [6.45, 7) is 2.19. The predicted molar refractivity (Wildman–Crippen MR) is 114 cm³/mol. The van der Waals surface area contributed by atoms with E-state index in [0.717, 1.165) is 29.0 Å². The molecule has 2 N–H and O–H groups in total. The molecule has 148 valence electrons. The highest BCUT2D eigenvalue weighted by Crippen LogP contribution is 2.16. The summed E-state index contributed by atoms with van der Waals surface area (Å²) in [5.41, 5.74) is 3.07. The van der Waals surface area contributed by atoms with Crippen LogP contribution >= 0.6 is 0 Å². The number of carbonyl (C=O) groups is 2. The van der Waals surface area contributed by atoms with Gasteiger partial charge in [0.25, 0.3) is 5.91 Å². The number of benzene rings is 3. The van der Waals surface area contributed by atoms with Crippen molar-refractivity contribution in [1.82, 2.24) is 5.32 Å². The Morgan fingerprint density at radius 3 is 2.24 bits per heavy atom. The maximum atomic E-state index is 12.6. The molecule has 2 amide bonds. The van der Waals surface area contributed by atoms with Crippen LogP contribution in [0.3, 0.4) is 0 Å². The number of para-hydroxylation sites is 2. The minimum absolute atomic E-state index is 0.106. The molecule has 3 aromatic carbocycles. The van der Waals surface area contributed by atoms with Gasteiger partial charge in [0.15, 0.2) is 0 Å². The first kappa shape index (κ1) is 20.1. The highest BCUT2D eigenvalue weighted by molar-refractivity contribution is 6.00. The first-order valence-corrected chi connectivity index (χ1v) is 9.59. The number of carbonyl (C=O) groups excluding carboxylic acids is 2. The Kier molecular flexibility index (Phi) is 7.00. The van der Waals surface area contributed by atoms with Gasteiger partial charge < -0.3 is 15.4 Å². The van der Waals surface area contributed by atoms with E-state index in [2.05, 4.69) is 10.6 Å². The SMILES string of the molecule is CCc1ccccc1NC(=O)CNC(=O)c1ccccc1COc1ccccc1. The third kappa shape index (κ3) is 5.69. The van der Waals surface area contributed by atoms with Crippen molar-refractivity contribution < 1.29 is 14.3 Å². The quantitative estimate of drug-likeness (QED) is 0.608. The van der Waals surface area contributed by atoms with E-state index < -0.39 is 0 Å². The van der Waals surface area contributed by atoms with Gasteiger partial charge in [-0.05, 0) is 36.2 Å². The van der Waals surface area contributed by atoms with Gasteiger partial charge in [0.05, 0.1) is 6.54 Å². The van der Waals surface area contributed by atoms with Gasteiger partial charge in [-0.3, -0.25) is 9.59 Å².